The Morgan fingerprint density at radius 2 is 1.92 bits per heavy atom. The summed E-state index contributed by atoms with van der Waals surface area (Å²) in [6.45, 7) is 8.17. The van der Waals surface area contributed by atoms with Gasteiger partial charge in [0, 0.05) is 45.1 Å². The summed E-state index contributed by atoms with van der Waals surface area (Å²) in [6.07, 6.45) is 5.02. The number of rotatable bonds is 5. The Hall–Kier alpha value is -1.34. The van der Waals surface area contributed by atoms with Crippen molar-refractivity contribution >= 4 is 36.4 Å². The molecular formula is C18H29Cl2N5O. The summed E-state index contributed by atoms with van der Waals surface area (Å²) < 4.78 is 2.04. The lowest BCUT2D eigenvalue weighted by molar-refractivity contribution is -0.135. The van der Waals surface area contributed by atoms with Crippen LogP contribution in [0.25, 0.3) is 5.65 Å². The van der Waals surface area contributed by atoms with E-state index in [9.17, 15) is 4.79 Å². The lowest BCUT2D eigenvalue weighted by Crippen LogP contribution is -2.54. The standard InChI is InChI=1S/C18H27N5O.2ClH/c1-3-14(2)17(19)18(24)22-10-8-21(9-11-22)12-15-13-23-7-5-4-6-16(23)20-15;;/h4-7,13-14,17H,3,8-12,19H2,1-2H3;2*1H. The van der Waals surface area contributed by atoms with Gasteiger partial charge in [-0.2, -0.15) is 0 Å². The zero-order valence-electron chi connectivity index (χ0n) is 15.4. The van der Waals surface area contributed by atoms with Crippen molar-refractivity contribution in [1.82, 2.24) is 19.2 Å². The molecule has 3 heterocycles. The fourth-order valence-corrected chi connectivity index (χ4v) is 3.13. The van der Waals surface area contributed by atoms with Crippen molar-refractivity contribution in [2.75, 3.05) is 26.2 Å². The molecular weight excluding hydrogens is 373 g/mol. The average molecular weight is 402 g/mol. The zero-order chi connectivity index (χ0) is 17.1. The number of hydrogen-bond donors (Lipinski definition) is 1. The highest BCUT2D eigenvalue weighted by Gasteiger charge is 2.27. The number of aromatic nitrogens is 2. The van der Waals surface area contributed by atoms with Crippen molar-refractivity contribution < 1.29 is 4.79 Å². The van der Waals surface area contributed by atoms with Crippen molar-refractivity contribution in [3.63, 3.8) is 0 Å². The summed E-state index contributed by atoms with van der Waals surface area (Å²) in [6, 6.07) is 5.64. The number of halogens is 2. The van der Waals surface area contributed by atoms with Crippen LogP contribution in [0.3, 0.4) is 0 Å². The van der Waals surface area contributed by atoms with Gasteiger partial charge in [-0.3, -0.25) is 9.69 Å². The number of pyridine rings is 1. The summed E-state index contributed by atoms with van der Waals surface area (Å²) in [7, 11) is 0. The summed E-state index contributed by atoms with van der Waals surface area (Å²) >= 11 is 0. The van der Waals surface area contributed by atoms with E-state index in [4.69, 9.17) is 5.73 Å². The third-order valence-corrected chi connectivity index (χ3v) is 5.03. The van der Waals surface area contributed by atoms with Gasteiger partial charge in [0.15, 0.2) is 0 Å². The number of fused-ring (bicyclic) bond motifs is 1. The minimum absolute atomic E-state index is 0. The molecule has 2 N–H and O–H groups in total. The number of piperazine rings is 1. The van der Waals surface area contributed by atoms with Crippen molar-refractivity contribution in [3.8, 4) is 0 Å². The van der Waals surface area contributed by atoms with Crippen LogP contribution in [0.1, 0.15) is 26.0 Å². The minimum Gasteiger partial charge on any atom is -0.339 e. The smallest absolute Gasteiger partial charge is 0.239 e. The van der Waals surface area contributed by atoms with E-state index >= 15 is 0 Å². The molecule has 26 heavy (non-hydrogen) atoms. The molecule has 0 bridgehead atoms. The Labute approximate surface area is 167 Å². The molecule has 0 saturated carbocycles. The molecule has 2 atom stereocenters. The Bertz CT molecular complexity index is 667. The summed E-state index contributed by atoms with van der Waals surface area (Å²) in [5.74, 6) is 0.324. The number of amides is 1. The summed E-state index contributed by atoms with van der Waals surface area (Å²) in [4.78, 5) is 21.4. The fraction of sp³-hybridized carbons (Fsp3) is 0.556. The van der Waals surface area contributed by atoms with Crippen LogP contribution in [0.5, 0.6) is 0 Å². The highest BCUT2D eigenvalue weighted by atomic mass is 35.5. The molecule has 6 nitrogen and oxygen atoms in total. The van der Waals surface area contributed by atoms with Crippen LogP contribution in [0.2, 0.25) is 0 Å². The molecule has 1 aliphatic heterocycles. The number of hydrogen-bond acceptors (Lipinski definition) is 4. The first kappa shape index (κ1) is 22.7. The number of carbonyl (C=O) groups excluding carboxylic acids is 1. The normalized spacial score (nSPS) is 17.3. The average Bonchev–Trinajstić information content (AvgIpc) is 3.02. The van der Waals surface area contributed by atoms with Gasteiger partial charge in [0.2, 0.25) is 5.91 Å². The SMILES string of the molecule is CCC(C)C(N)C(=O)N1CCN(Cc2cn3ccccc3n2)CC1.Cl.Cl. The van der Waals surface area contributed by atoms with Crippen molar-refractivity contribution in [1.29, 1.82) is 0 Å². The molecule has 1 aliphatic rings. The number of nitrogens with zero attached hydrogens (tertiary/aromatic N) is 4. The maximum atomic E-state index is 12.4. The maximum Gasteiger partial charge on any atom is 0.239 e. The lowest BCUT2D eigenvalue weighted by atomic mass is 9.98. The molecule has 0 spiro atoms. The van der Waals surface area contributed by atoms with E-state index in [1.807, 2.05) is 40.6 Å². The largest absolute Gasteiger partial charge is 0.339 e. The highest BCUT2D eigenvalue weighted by molar-refractivity contribution is 5.85. The van der Waals surface area contributed by atoms with Gasteiger partial charge in [0.1, 0.15) is 5.65 Å². The Morgan fingerprint density at radius 3 is 2.54 bits per heavy atom. The molecule has 1 saturated heterocycles. The van der Waals surface area contributed by atoms with E-state index < -0.39 is 0 Å². The highest BCUT2D eigenvalue weighted by Crippen LogP contribution is 2.13. The zero-order valence-corrected chi connectivity index (χ0v) is 17.0. The third kappa shape index (κ3) is 5.10. The van der Waals surface area contributed by atoms with E-state index in [1.54, 1.807) is 0 Å². The van der Waals surface area contributed by atoms with E-state index in [0.717, 1.165) is 50.5 Å². The number of nitrogens with two attached hydrogens (primary N) is 1. The van der Waals surface area contributed by atoms with Gasteiger partial charge >= 0.3 is 0 Å². The monoisotopic (exact) mass is 401 g/mol. The second-order valence-corrected chi connectivity index (χ2v) is 6.71. The maximum absolute atomic E-state index is 12.4. The van der Waals surface area contributed by atoms with Crippen LogP contribution in [-0.2, 0) is 11.3 Å². The van der Waals surface area contributed by atoms with E-state index in [-0.39, 0.29) is 42.7 Å². The van der Waals surface area contributed by atoms with Gasteiger partial charge in [-0.1, -0.05) is 26.3 Å². The van der Waals surface area contributed by atoms with Crippen molar-refractivity contribution in [2.45, 2.75) is 32.9 Å². The van der Waals surface area contributed by atoms with Crippen LogP contribution >= 0.6 is 24.8 Å². The van der Waals surface area contributed by atoms with Gasteiger partial charge in [0.25, 0.3) is 0 Å². The van der Waals surface area contributed by atoms with Crippen LogP contribution in [0, 0.1) is 5.92 Å². The van der Waals surface area contributed by atoms with Gasteiger partial charge in [0.05, 0.1) is 11.7 Å². The first-order chi connectivity index (χ1) is 11.6. The predicted octanol–water partition coefficient (Wildman–Crippen LogP) is 2.20. The molecule has 2 aromatic rings. The Morgan fingerprint density at radius 1 is 1.23 bits per heavy atom. The van der Waals surface area contributed by atoms with Crippen molar-refractivity contribution in [3.05, 3.63) is 36.3 Å². The Kier molecular flexibility index (Phi) is 8.83. The molecule has 8 heteroatoms. The minimum atomic E-state index is -0.375. The van der Waals surface area contributed by atoms with Gasteiger partial charge in [-0.25, -0.2) is 4.98 Å². The molecule has 2 unspecified atom stereocenters. The second kappa shape index (κ2) is 10.1. The number of carbonyl (C=O) groups is 1. The first-order valence-corrected chi connectivity index (χ1v) is 8.78. The van der Waals surface area contributed by atoms with Crippen LogP contribution < -0.4 is 5.73 Å². The second-order valence-electron chi connectivity index (χ2n) is 6.71. The quantitative estimate of drug-likeness (QED) is 0.833. The van der Waals surface area contributed by atoms with E-state index in [1.165, 1.54) is 0 Å². The molecule has 0 aliphatic carbocycles. The molecule has 2 aromatic heterocycles. The Balaban J connectivity index is 0.00000169. The van der Waals surface area contributed by atoms with Crippen molar-refractivity contribution in [2.24, 2.45) is 11.7 Å². The van der Waals surface area contributed by atoms with Crippen LogP contribution in [0.15, 0.2) is 30.6 Å². The topological polar surface area (TPSA) is 66.9 Å². The predicted molar refractivity (Wildman–Crippen MR) is 109 cm³/mol. The molecule has 1 fully saturated rings. The third-order valence-electron chi connectivity index (χ3n) is 5.03. The van der Waals surface area contributed by atoms with Gasteiger partial charge in [-0.05, 0) is 18.1 Å². The van der Waals surface area contributed by atoms with Gasteiger partial charge in [-0.15, -0.1) is 24.8 Å². The summed E-state index contributed by atoms with van der Waals surface area (Å²) in [5, 5.41) is 0. The van der Waals surface area contributed by atoms with E-state index in [0.29, 0.717) is 0 Å². The van der Waals surface area contributed by atoms with Gasteiger partial charge < -0.3 is 15.0 Å². The lowest BCUT2D eigenvalue weighted by Gasteiger charge is -2.36. The molecule has 0 aromatic carbocycles. The fourth-order valence-electron chi connectivity index (χ4n) is 3.13. The number of imidazole rings is 1. The molecule has 146 valence electrons. The molecule has 1 amide bonds. The van der Waals surface area contributed by atoms with Crippen LogP contribution in [0.4, 0.5) is 0 Å². The van der Waals surface area contributed by atoms with Crippen LogP contribution in [-0.4, -0.2) is 57.3 Å². The molecule has 3 rings (SSSR count). The summed E-state index contributed by atoms with van der Waals surface area (Å²) in [5.41, 5.74) is 8.13. The molecule has 0 radical (unpaired) electrons. The first-order valence-electron chi connectivity index (χ1n) is 8.78. The van der Waals surface area contributed by atoms with E-state index in [2.05, 4.69) is 23.0 Å².